The summed E-state index contributed by atoms with van der Waals surface area (Å²) in [5.41, 5.74) is 4.91. The monoisotopic (exact) mass is 205 g/mol. The van der Waals surface area contributed by atoms with Gasteiger partial charge in [-0.1, -0.05) is 6.08 Å². The molecule has 0 heterocycles. The number of nitrogens with two attached hydrogens (primary N) is 1. The summed E-state index contributed by atoms with van der Waals surface area (Å²) < 4.78 is 1.28. The van der Waals surface area contributed by atoms with Crippen LogP contribution in [0, 0.1) is 0 Å². The van der Waals surface area contributed by atoms with Crippen LogP contribution in [-0.2, 0) is 0 Å². The van der Waals surface area contributed by atoms with Crippen molar-refractivity contribution in [2.24, 2.45) is 5.73 Å². The average molecular weight is 205 g/mol. The summed E-state index contributed by atoms with van der Waals surface area (Å²) in [4.78, 5) is 0. The van der Waals surface area contributed by atoms with Crippen LogP contribution in [0.25, 0.3) is 0 Å². The molecule has 0 unspecified atom stereocenters. The van der Waals surface area contributed by atoms with Crippen molar-refractivity contribution in [1.82, 2.24) is 0 Å². The number of quaternary nitrogens is 1. The Morgan fingerprint density at radius 1 is 1.00 bits per heavy atom. The van der Waals surface area contributed by atoms with Crippen molar-refractivity contribution in [2.75, 3.05) is 32.7 Å². The summed E-state index contributed by atoms with van der Waals surface area (Å²) in [6, 6.07) is 0. The number of hydrogen-bond donors (Lipinski definition) is 1. The second-order valence-electron chi connectivity index (χ2n) is 3.13. The third-order valence-corrected chi connectivity index (χ3v) is 2.85. The molecule has 0 saturated heterocycles. The molecule has 0 spiro atoms. The molecular weight excluding hydrogens is 176 g/mol. The maximum Gasteiger partial charge on any atom is 0.0757 e. The van der Waals surface area contributed by atoms with E-state index in [0.29, 0.717) is 6.54 Å². The minimum absolute atomic E-state index is 0. The third-order valence-electron chi connectivity index (χ3n) is 2.85. The average Bonchev–Trinajstić information content (AvgIpc) is 2.23. The molecule has 0 saturated carbocycles. The Labute approximate surface area is 89.5 Å². The van der Waals surface area contributed by atoms with Crippen LogP contribution >= 0.6 is 0 Å². The molecule has 0 rings (SSSR count). The van der Waals surface area contributed by atoms with Gasteiger partial charge in [-0.25, -0.2) is 0 Å². The Hall–Kier alpha value is -0.380. The van der Waals surface area contributed by atoms with Gasteiger partial charge in [-0.2, -0.15) is 0 Å². The lowest BCUT2D eigenvalue weighted by Gasteiger charge is -2.34. The first kappa shape index (κ1) is 19.2. The number of rotatable bonds is 5. The van der Waals surface area contributed by atoms with E-state index in [9.17, 15) is 0 Å². The minimum Gasteiger partial charge on any atom is -0.412 e. The molecule has 3 nitrogen and oxygen atoms in total. The molecule has 0 aliphatic heterocycles. The van der Waals surface area contributed by atoms with Crippen molar-refractivity contribution in [3.05, 3.63) is 12.7 Å². The van der Waals surface area contributed by atoms with Gasteiger partial charge in [0, 0.05) is 6.54 Å². The van der Waals surface area contributed by atoms with Crippen LogP contribution < -0.4 is 5.73 Å². The van der Waals surface area contributed by atoms with Gasteiger partial charge in [-0.3, -0.25) is 0 Å². The Balaban J connectivity index is -0.000000209. The lowest BCUT2D eigenvalue weighted by molar-refractivity contribution is -0.921. The largest absolute Gasteiger partial charge is 0.412 e. The number of hydrogen-bond acceptors (Lipinski definition) is 1. The molecule has 14 heavy (non-hydrogen) atoms. The molecule has 0 aliphatic carbocycles. The van der Waals surface area contributed by atoms with E-state index >= 15 is 0 Å². The Kier molecular flexibility index (Phi) is 17.3. The van der Waals surface area contributed by atoms with Crippen LogP contribution in [0.15, 0.2) is 12.7 Å². The van der Waals surface area contributed by atoms with Crippen molar-refractivity contribution >= 4 is 0 Å². The van der Waals surface area contributed by atoms with Gasteiger partial charge >= 0.3 is 0 Å². The first-order chi connectivity index (χ1) is 6.16. The summed E-state index contributed by atoms with van der Waals surface area (Å²) in [7, 11) is 0. The zero-order valence-corrected chi connectivity index (χ0v) is 10.3. The van der Waals surface area contributed by atoms with Gasteiger partial charge in [-0.05, 0) is 27.7 Å². The van der Waals surface area contributed by atoms with Gasteiger partial charge in [0.15, 0.2) is 0 Å². The first-order valence-electron chi connectivity index (χ1n) is 5.32. The number of nitrogens with zero attached hydrogens (tertiary/aromatic N) is 1. The highest BCUT2D eigenvalue weighted by Crippen LogP contribution is 2.03. The van der Waals surface area contributed by atoms with Gasteiger partial charge in [-0.15, -0.1) is 6.58 Å². The molecule has 0 aliphatic rings. The highest BCUT2D eigenvalue weighted by molar-refractivity contribution is 4.64. The maximum absolute atomic E-state index is 4.91. The zero-order chi connectivity index (χ0) is 10.7. The summed E-state index contributed by atoms with van der Waals surface area (Å²) in [6.07, 6.45) is 1.65. The lowest BCUT2D eigenvalue weighted by Crippen LogP contribution is -2.47. The minimum atomic E-state index is 0. The highest BCUT2D eigenvalue weighted by Gasteiger charge is 2.16. The van der Waals surface area contributed by atoms with E-state index < -0.39 is 0 Å². The van der Waals surface area contributed by atoms with E-state index in [4.69, 9.17) is 5.73 Å². The molecule has 0 atom stereocenters. The summed E-state index contributed by atoms with van der Waals surface area (Å²) >= 11 is 0. The molecule has 0 aromatic rings. The molecule has 4 N–H and O–H groups in total. The third kappa shape index (κ3) is 8.23. The van der Waals surface area contributed by atoms with Crippen molar-refractivity contribution in [3.8, 4) is 0 Å². The quantitative estimate of drug-likeness (QED) is 0.532. The predicted octanol–water partition coefficient (Wildman–Crippen LogP) is 1.19. The van der Waals surface area contributed by atoms with E-state index in [1.165, 1.54) is 30.7 Å². The first-order valence-corrected chi connectivity index (χ1v) is 5.32. The Morgan fingerprint density at radius 2 is 1.21 bits per heavy atom. The molecule has 0 bridgehead atoms. The molecule has 0 aromatic carbocycles. The van der Waals surface area contributed by atoms with Crippen LogP contribution in [0.4, 0.5) is 0 Å². The van der Waals surface area contributed by atoms with E-state index in [1.54, 1.807) is 6.08 Å². The SMILES string of the molecule is C=CCN.CC[N+](CC)(CC)CC.O. The molecule has 88 valence electrons. The van der Waals surface area contributed by atoms with Gasteiger partial charge in [0.05, 0.1) is 26.2 Å². The normalized spacial score (nSPS) is 9.50. The van der Waals surface area contributed by atoms with Gasteiger partial charge in [0.2, 0.25) is 0 Å². The molecular formula is C11H29N2O+. The van der Waals surface area contributed by atoms with Crippen molar-refractivity contribution in [1.29, 1.82) is 0 Å². The van der Waals surface area contributed by atoms with Crippen molar-refractivity contribution < 1.29 is 9.96 Å². The fraction of sp³-hybridized carbons (Fsp3) is 0.818. The van der Waals surface area contributed by atoms with Crippen LogP contribution in [0.2, 0.25) is 0 Å². The van der Waals surface area contributed by atoms with E-state index in [0.717, 1.165) is 0 Å². The smallest absolute Gasteiger partial charge is 0.0757 e. The molecule has 3 heteroatoms. The Bertz CT molecular complexity index is 94.3. The standard InChI is InChI=1S/C8H20N.C3H7N.H2O/c1-5-9(6-2,7-3)8-4;1-2-3-4;/h5-8H2,1-4H3;2H,1,3-4H2;1H2/q+1;;. The van der Waals surface area contributed by atoms with Crippen LogP contribution in [0.3, 0.4) is 0 Å². The summed E-state index contributed by atoms with van der Waals surface area (Å²) in [5, 5.41) is 0. The predicted molar refractivity (Wildman–Crippen MR) is 65.3 cm³/mol. The van der Waals surface area contributed by atoms with Crippen LogP contribution in [0.1, 0.15) is 27.7 Å². The van der Waals surface area contributed by atoms with Gasteiger partial charge in [0.1, 0.15) is 0 Å². The molecule has 0 aromatic heterocycles. The topological polar surface area (TPSA) is 57.5 Å². The second kappa shape index (κ2) is 12.6. The maximum atomic E-state index is 4.91. The summed E-state index contributed by atoms with van der Waals surface area (Å²) in [5.74, 6) is 0. The van der Waals surface area contributed by atoms with Crippen LogP contribution in [0.5, 0.6) is 0 Å². The lowest BCUT2D eigenvalue weighted by atomic mass is 10.3. The van der Waals surface area contributed by atoms with Gasteiger partial charge < -0.3 is 15.7 Å². The van der Waals surface area contributed by atoms with E-state index in [1.807, 2.05) is 0 Å². The van der Waals surface area contributed by atoms with Crippen molar-refractivity contribution in [2.45, 2.75) is 27.7 Å². The van der Waals surface area contributed by atoms with E-state index in [-0.39, 0.29) is 5.48 Å². The molecule has 0 fully saturated rings. The zero-order valence-electron chi connectivity index (χ0n) is 10.3. The van der Waals surface area contributed by atoms with Crippen LogP contribution in [-0.4, -0.2) is 42.7 Å². The fourth-order valence-electron chi connectivity index (χ4n) is 1.34. The Morgan fingerprint density at radius 3 is 1.21 bits per heavy atom. The summed E-state index contributed by atoms with van der Waals surface area (Å²) in [6.45, 7) is 18.2. The highest BCUT2D eigenvalue weighted by atomic mass is 16.0. The van der Waals surface area contributed by atoms with Crippen molar-refractivity contribution in [3.63, 3.8) is 0 Å². The van der Waals surface area contributed by atoms with Gasteiger partial charge in [0.25, 0.3) is 0 Å². The second-order valence-corrected chi connectivity index (χ2v) is 3.13. The molecule has 0 amide bonds. The van der Waals surface area contributed by atoms with E-state index in [2.05, 4.69) is 34.3 Å². The molecule has 0 radical (unpaired) electrons. The fourth-order valence-corrected chi connectivity index (χ4v) is 1.34.